The minimum absolute atomic E-state index is 0.168. The van der Waals surface area contributed by atoms with Crippen molar-refractivity contribution < 1.29 is 0 Å². The van der Waals surface area contributed by atoms with Gasteiger partial charge in [0.15, 0.2) is 0 Å². The summed E-state index contributed by atoms with van der Waals surface area (Å²) in [6, 6.07) is 10.5. The van der Waals surface area contributed by atoms with Gasteiger partial charge < -0.3 is 5.73 Å². The van der Waals surface area contributed by atoms with Crippen LogP contribution in [-0.2, 0) is 0 Å². The highest BCUT2D eigenvalue weighted by Gasteiger charge is 2.15. The summed E-state index contributed by atoms with van der Waals surface area (Å²) in [5.41, 5.74) is 7.38. The van der Waals surface area contributed by atoms with E-state index in [0.29, 0.717) is 5.25 Å². The third-order valence-electron chi connectivity index (χ3n) is 2.29. The van der Waals surface area contributed by atoms with Crippen LogP contribution in [0.15, 0.2) is 30.3 Å². The van der Waals surface area contributed by atoms with E-state index >= 15 is 0 Å². The van der Waals surface area contributed by atoms with Crippen LogP contribution in [0.25, 0.3) is 0 Å². The molecule has 0 aliphatic heterocycles. The van der Waals surface area contributed by atoms with Gasteiger partial charge in [-0.2, -0.15) is 11.8 Å². The number of hydrogen-bond acceptors (Lipinski definition) is 2. The Morgan fingerprint density at radius 3 is 2.38 bits per heavy atom. The van der Waals surface area contributed by atoms with Gasteiger partial charge in [-0.3, -0.25) is 0 Å². The molecule has 0 radical (unpaired) electrons. The minimum atomic E-state index is 0.168. The lowest BCUT2D eigenvalue weighted by Crippen LogP contribution is -2.22. The number of thioether (sulfide) groups is 1. The molecule has 0 saturated carbocycles. The molecule has 0 aromatic heterocycles. The topological polar surface area (TPSA) is 26.0 Å². The molecule has 0 bridgehead atoms. The molecule has 0 aliphatic rings. The maximum Gasteiger partial charge on any atom is 0.0415 e. The van der Waals surface area contributed by atoms with Crippen molar-refractivity contribution in [1.29, 1.82) is 0 Å². The molecule has 2 unspecified atom stereocenters. The monoisotopic (exact) mass is 195 g/mol. The summed E-state index contributed by atoms with van der Waals surface area (Å²) in [7, 11) is 0. The molecule has 1 aromatic rings. The van der Waals surface area contributed by atoms with Gasteiger partial charge >= 0.3 is 0 Å². The summed E-state index contributed by atoms with van der Waals surface area (Å²) in [6.45, 7) is 2.18. The van der Waals surface area contributed by atoms with Gasteiger partial charge in [0.05, 0.1) is 0 Å². The predicted molar refractivity (Wildman–Crippen MR) is 61.0 cm³/mol. The first-order valence-electron chi connectivity index (χ1n) is 4.63. The van der Waals surface area contributed by atoms with Gasteiger partial charge in [0.25, 0.3) is 0 Å². The standard InChI is InChI=1S/C11H17NS/c1-3-10(13-2)11(12)9-7-5-4-6-8-9/h4-8,10-11H,3,12H2,1-2H3. The molecular weight excluding hydrogens is 178 g/mol. The summed E-state index contributed by atoms with van der Waals surface area (Å²) in [5.74, 6) is 0. The van der Waals surface area contributed by atoms with Crippen molar-refractivity contribution in [2.75, 3.05) is 6.26 Å². The van der Waals surface area contributed by atoms with Crippen LogP contribution in [0.3, 0.4) is 0 Å². The third-order valence-corrected chi connectivity index (χ3v) is 3.52. The Morgan fingerprint density at radius 2 is 1.92 bits per heavy atom. The predicted octanol–water partition coefficient (Wildman–Crippen LogP) is 2.83. The molecule has 2 heteroatoms. The van der Waals surface area contributed by atoms with Gasteiger partial charge in [0.2, 0.25) is 0 Å². The molecule has 0 amide bonds. The van der Waals surface area contributed by atoms with Crippen molar-refractivity contribution >= 4 is 11.8 Å². The fraction of sp³-hybridized carbons (Fsp3) is 0.455. The number of benzene rings is 1. The van der Waals surface area contributed by atoms with E-state index in [1.807, 2.05) is 30.0 Å². The van der Waals surface area contributed by atoms with Crippen LogP contribution in [-0.4, -0.2) is 11.5 Å². The Bertz CT molecular complexity index is 231. The lowest BCUT2D eigenvalue weighted by atomic mass is 10.0. The lowest BCUT2D eigenvalue weighted by Gasteiger charge is -2.20. The van der Waals surface area contributed by atoms with Crippen LogP contribution in [0.5, 0.6) is 0 Å². The molecule has 13 heavy (non-hydrogen) atoms. The maximum absolute atomic E-state index is 6.14. The first-order valence-corrected chi connectivity index (χ1v) is 5.91. The molecule has 1 nitrogen and oxygen atoms in total. The van der Waals surface area contributed by atoms with Gasteiger partial charge in [-0.1, -0.05) is 37.3 Å². The molecular formula is C11H17NS. The minimum Gasteiger partial charge on any atom is -0.323 e. The van der Waals surface area contributed by atoms with E-state index in [9.17, 15) is 0 Å². The fourth-order valence-corrected chi connectivity index (χ4v) is 2.24. The van der Waals surface area contributed by atoms with E-state index in [0.717, 1.165) is 6.42 Å². The average molecular weight is 195 g/mol. The molecule has 0 spiro atoms. The molecule has 0 saturated heterocycles. The summed E-state index contributed by atoms with van der Waals surface area (Å²) in [5, 5.41) is 0.530. The van der Waals surface area contributed by atoms with Crippen LogP contribution in [0, 0.1) is 0 Å². The number of nitrogens with two attached hydrogens (primary N) is 1. The van der Waals surface area contributed by atoms with Crippen molar-refractivity contribution in [2.45, 2.75) is 24.6 Å². The van der Waals surface area contributed by atoms with Gasteiger partial charge in [0.1, 0.15) is 0 Å². The van der Waals surface area contributed by atoms with Crippen LogP contribution < -0.4 is 5.73 Å². The zero-order valence-corrected chi connectivity index (χ0v) is 9.05. The summed E-state index contributed by atoms with van der Waals surface area (Å²) >= 11 is 1.85. The number of hydrogen-bond donors (Lipinski definition) is 1. The second-order valence-electron chi connectivity index (χ2n) is 3.12. The van der Waals surface area contributed by atoms with E-state index in [-0.39, 0.29) is 6.04 Å². The molecule has 0 fully saturated rings. The molecule has 72 valence electrons. The van der Waals surface area contributed by atoms with Crippen molar-refractivity contribution in [3.05, 3.63) is 35.9 Å². The molecule has 2 N–H and O–H groups in total. The molecule has 0 aliphatic carbocycles. The SMILES string of the molecule is CCC(SC)C(N)c1ccccc1. The second-order valence-corrected chi connectivity index (χ2v) is 4.20. The van der Waals surface area contributed by atoms with Crippen LogP contribution in [0.1, 0.15) is 24.9 Å². The molecule has 1 rings (SSSR count). The van der Waals surface area contributed by atoms with Gasteiger partial charge in [-0.25, -0.2) is 0 Å². The van der Waals surface area contributed by atoms with E-state index in [4.69, 9.17) is 5.73 Å². The lowest BCUT2D eigenvalue weighted by molar-refractivity contribution is 0.657. The van der Waals surface area contributed by atoms with Crippen molar-refractivity contribution in [3.63, 3.8) is 0 Å². The van der Waals surface area contributed by atoms with E-state index in [2.05, 4.69) is 25.3 Å². The normalized spacial score (nSPS) is 15.3. The van der Waals surface area contributed by atoms with E-state index < -0.39 is 0 Å². The summed E-state index contributed by atoms with van der Waals surface area (Å²) < 4.78 is 0. The highest BCUT2D eigenvalue weighted by molar-refractivity contribution is 7.99. The maximum atomic E-state index is 6.14. The van der Waals surface area contributed by atoms with Crippen LogP contribution >= 0.6 is 11.8 Å². The van der Waals surface area contributed by atoms with Gasteiger partial charge in [0, 0.05) is 11.3 Å². The van der Waals surface area contributed by atoms with Crippen LogP contribution in [0.2, 0.25) is 0 Å². The highest BCUT2D eigenvalue weighted by atomic mass is 32.2. The Labute approximate surface area is 84.7 Å². The Hall–Kier alpha value is -0.470. The fourth-order valence-electron chi connectivity index (χ4n) is 1.46. The smallest absolute Gasteiger partial charge is 0.0415 e. The Morgan fingerprint density at radius 1 is 1.31 bits per heavy atom. The van der Waals surface area contributed by atoms with E-state index in [1.165, 1.54) is 5.56 Å². The van der Waals surface area contributed by atoms with Crippen molar-refractivity contribution in [2.24, 2.45) is 5.73 Å². The summed E-state index contributed by atoms with van der Waals surface area (Å²) in [6.07, 6.45) is 3.24. The zero-order chi connectivity index (χ0) is 9.68. The van der Waals surface area contributed by atoms with Crippen molar-refractivity contribution in [1.82, 2.24) is 0 Å². The third kappa shape index (κ3) is 2.75. The molecule has 0 heterocycles. The Balaban J connectivity index is 2.72. The van der Waals surface area contributed by atoms with Crippen molar-refractivity contribution in [3.8, 4) is 0 Å². The second kappa shape index (κ2) is 5.30. The van der Waals surface area contributed by atoms with E-state index in [1.54, 1.807) is 0 Å². The number of rotatable bonds is 4. The average Bonchev–Trinajstić information content (AvgIpc) is 2.21. The summed E-state index contributed by atoms with van der Waals surface area (Å²) in [4.78, 5) is 0. The van der Waals surface area contributed by atoms with Crippen LogP contribution in [0.4, 0.5) is 0 Å². The molecule has 2 atom stereocenters. The Kier molecular flexibility index (Phi) is 4.33. The zero-order valence-electron chi connectivity index (χ0n) is 8.23. The largest absolute Gasteiger partial charge is 0.323 e. The first kappa shape index (κ1) is 10.6. The molecule has 1 aromatic carbocycles. The quantitative estimate of drug-likeness (QED) is 0.799. The highest BCUT2D eigenvalue weighted by Crippen LogP contribution is 2.24. The first-order chi connectivity index (χ1) is 6.29. The van der Waals surface area contributed by atoms with Gasteiger partial charge in [-0.15, -0.1) is 0 Å². The van der Waals surface area contributed by atoms with Gasteiger partial charge in [-0.05, 0) is 18.2 Å².